The summed E-state index contributed by atoms with van der Waals surface area (Å²) in [5, 5.41) is 4.92. The Morgan fingerprint density at radius 1 is 1.10 bits per heavy atom. The molecule has 1 unspecified atom stereocenters. The molecule has 0 aliphatic heterocycles. The third kappa shape index (κ3) is 3.80. The number of aromatic nitrogens is 1. The smallest absolute Gasteiger partial charge is 0.0705 e. The van der Waals surface area contributed by atoms with Crippen LogP contribution in [-0.4, -0.2) is 11.5 Å². The van der Waals surface area contributed by atoms with Gasteiger partial charge in [0.25, 0.3) is 0 Å². The number of fused-ring (bicyclic) bond motifs is 1. The van der Waals surface area contributed by atoms with Crippen LogP contribution in [0.5, 0.6) is 0 Å². The van der Waals surface area contributed by atoms with Gasteiger partial charge in [-0.1, -0.05) is 38.8 Å². The second-order valence-electron chi connectivity index (χ2n) is 5.55. The number of unbranched alkanes of at least 4 members (excludes halogenated alkanes) is 1. The second kappa shape index (κ2) is 7.39. The van der Waals surface area contributed by atoms with Crippen LogP contribution in [0, 0.1) is 6.92 Å². The summed E-state index contributed by atoms with van der Waals surface area (Å²) in [6.45, 7) is 7.60. The minimum Gasteiger partial charge on any atom is -0.310 e. The molecule has 0 radical (unpaired) electrons. The fourth-order valence-electron chi connectivity index (χ4n) is 2.58. The molecule has 0 aliphatic carbocycles. The van der Waals surface area contributed by atoms with E-state index in [4.69, 9.17) is 0 Å². The predicted octanol–water partition coefficient (Wildman–Crippen LogP) is 4.77. The van der Waals surface area contributed by atoms with E-state index in [0.29, 0.717) is 6.04 Å². The number of rotatable bonds is 7. The van der Waals surface area contributed by atoms with Crippen molar-refractivity contribution in [1.82, 2.24) is 10.3 Å². The van der Waals surface area contributed by atoms with Crippen LogP contribution in [0.15, 0.2) is 30.3 Å². The molecule has 2 rings (SSSR count). The summed E-state index contributed by atoms with van der Waals surface area (Å²) in [5.41, 5.74) is 3.57. The third-order valence-electron chi connectivity index (χ3n) is 3.74. The Morgan fingerprint density at radius 2 is 1.95 bits per heavy atom. The summed E-state index contributed by atoms with van der Waals surface area (Å²) in [6, 6.07) is 11.4. The van der Waals surface area contributed by atoms with Crippen molar-refractivity contribution >= 4 is 10.9 Å². The maximum Gasteiger partial charge on any atom is 0.0705 e. The highest BCUT2D eigenvalue weighted by Gasteiger charge is 2.10. The van der Waals surface area contributed by atoms with Crippen molar-refractivity contribution in [2.24, 2.45) is 0 Å². The summed E-state index contributed by atoms with van der Waals surface area (Å²) in [7, 11) is 0. The van der Waals surface area contributed by atoms with E-state index in [2.05, 4.69) is 54.5 Å². The number of nitrogens with one attached hydrogen (secondary N) is 1. The molecule has 0 amide bonds. The zero-order valence-electron chi connectivity index (χ0n) is 12.9. The Balaban J connectivity index is 2.24. The first-order chi connectivity index (χ1) is 9.74. The molecule has 0 aliphatic rings. The summed E-state index contributed by atoms with van der Waals surface area (Å²) in [4.78, 5) is 4.58. The van der Waals surface area contributed by atoms with Gasteiger partial charge in [-0.15, -0.1) is 0 Å². The second-order valence-corrected chi connectivity index (χ2v) is 5.55. The topological polar surface area (TPSA) is 24.9 Å². The van der Waals surface area contributed by atoms with Crippen molar-refractivity contribution in [2.45, 2.75) is 52.5 Å². The van der Waals surface area contributed by atoms with E-state index < -0.39 is 0 Å². The van der Waals surface area contributed by atoms with Crippen LogP contribution in [0.3, 0.4) is 0 Å². The Morgan fingerprint density at radius 3 is 2.70 bits per heavy atom. The van der Waals surface area contributed by atoms with Crippen molar-refractivity contribution in [1.29, 1.82) is 0 Å². The number of benzene rings is 1. The standard InChI is InChI=1S/C18H26N2/c1-4-6-7-17(19-12-5-2)15-10-11-18-16(13-15)9-8-14(3)20-18/h8-11,13,17,19H,4-7,12H2,1-3H3. The molecule has 0 spiro atoms. The largest absolute Gasteiger partial charge is 0.310 e. The van der Waals surface area contributed by atoms with Gasteiger partial charge in [0.05, 0.1) is 5.52 Å². The fourth-order valence-corrected chi connectivity index (χ4v) is 2.58. The highest BCUT2D eigenvalue weighted by atomic mass is 14.9. The lowest BCUT2D eigenvalue weighted by molar-refractivity contribution is 0.482. The van der Waals surface area contributed by atoms with E-state index in [1.807, 2.05) is 6.92 Å². The molecule has 108 valence electrons. The molecule has 0 saturated carbocycles. The lowest BCUT2D eigenvalue weighted by Crippen LogP contribution is -2.22. The lowest BCUT2D eigenvalue weighted by atomic mass is 9.99. The molecular formula is C18H26N2. The van der Waals surface area contributed by atoms with Gasteiger partial charge in [0.15, 0.2) is 0 Å². The van der Waals surface area contributed by atoms with E-state index in [-0.39, 0.29) is 0 Å². The van der Waals surface area contributed by atoms with Crippen LogP contribution in [-0.2, 0) is 0 Å². The Kier molecular flexibility index (Phi) is 5.54. The summed E-state index contributed by atoms with van der Waals surface area (Å²) < 4.78 is 0. The summed E-state index contributed by atoms with van der Waals surface area (Å²) >= 11 is 0. The molecule has 20 heavy (non-hydrogen) atoms. The van der Waals surface area contributed by atoms with Gasteiger partial charge in [0, 0.05) is 17.1 Å². The third-order valence-corrected chi connectivity index (χ3v) is 3.74. The molecule has 0 fully saturated rings. The minimum absolute atomic E-state index is 0.473. The first kappa shape index (κ1) is 15.0. The van der Waals surface area contributed by atoms with Crippen molar-refractivity contribution in [3.05, 3.63) is 41.6 Å². The molecule has 1 atom stereocenters. The quantitative estimate of drug-likeness (QED) is 0.783. The Labute approximate surface area is 122 Å². The molecular weight excluding hydrogens is 244 g/mol. The summed E-state index contributed by atoms with van der Waals surface area (Å²) in [6.07, 6.45) is 4.91. The monoisotopic (exact) mass is 270 g/mol. The van der Waals surface area contributed by atoms with Crippen LogP contribution in [0.1, 0.15) is 56.8 Å². The molecule has 1 aromatic carbocycles. The van der Waals surface area contributed by atoms with E-state index in [1.54, 1.807) is 0 Å². The normalized spacial score (nSPS) is 12.8. The molecule has 0 saturated heterocycles. The zero-order valence-corrected chi connectivity index (χ0v) is 12.9. The van der Waals surface area contributed by atoms with Crippen molar-refractivity contribution < 1.29 is 0 Å². The number of hydrogen-bond acceptors (Lipinski definition) is 2. The van der Waals surface area contributed by atoms with Gasteiger partial charge in [0.1, 0.15) is 0 Å². The van der Waals surface area contributed by atoms with Gasteiger partial charge in [-0.3, -0.25) is 4.98 Å². The fraction of sp³-hybridized carbons (Fsp3) is 0.500. The molecule has 2 aromatic rings. The van der Waals surface area contributed by atoms with Gasteiger partial charge >= 0.3 is 0 Å². The van der Waals surface area contributed by atoms with Gasteiger partial charge in [-0.25, -0.2) is 0 Å². The molecule has 1 N–H and O–H groups in total. The SMILES string of the molecule is CCCCC(NCCC)c1ccc2nc(C)ccc2c1. The minimum atomic E-state index is 0.473. The molecule has 0 bridgehead atoms. The molecule has 1 aromatic heterocycles. The van der Waals surface area contributed by atoms with E-state index >= 15 is 0 Å². The number of nitrogens with zero attached hydrogens (tertiary/aromatic N) is 1. The Hall–Kier alpha value is -1.41. The van der Waals surface area contributed by atoms with Crippen LogP contribution in [0.25, 0.3) is 10.9 Å². The number of pyridine rings is 1. The van der Waals surface area contributed by atoms with Gasteiger partial charge in [0.2, 0.25) is 0 Å². The lowest BCUT2D eigenvalue weighted by Gasteiger charge is -2.19. The van der Waals surface area contributed by atoms with Crippen LogP contribution >= 0.6 is 0 Å². The molecule has 2 nitrogen and oxygen atoms in total. The predicted molar refractivity (Wildman–Crippen MR) is 87.0 cm³/mol. The average Bonchev–Trinajstić information content (AvgIpc) is 2.47. The van der Waals surface area contributed by atoms with Gasteiger partial charge in [-0.05, 0) is 50.1 Å². The van der Waals surface area contributed by atoms with Gasteiger partial charge < -0.3 is 5.32 Å². The van der Waals surface area contributed by atoms with Crippen molar-refractivity contribution in [3.63, 3.8) is 0 Å². The van der Waals surface area contributed by atoms with Crippen LogP contribution in [0.4, 0.5) is 0 Å². The number of hydrogen-bond donors (Lipinski definition) is 1. The Bertz CT molecular complexity index is 540. The first-order valence-corrected chi connectivity index (χ1v) is 7.85. The van der Waals surface area contributed by atoms with Gasteiger partial charge in [-0.2, -0.15) is 0 Å². The first-order valence-electron chi connectivity index (χ1n) is 7.85. The van der Waals surface area contributed by atoms with E-state index in [0.717, 1.165) is 17.8 Å². The van der Waals surface area contributed by atoms with Crippen LogP contribution in [0.2, 0.25) is 0 Å². The average molecular weight is 270 g/mol. The summed E-state index contributed by atoms with van der Waals surface area (Å²) in [5.74, 6) is 0. The van der Waals surface area contributed by atoms with Crippen molar-refractivity contribution in [2.75, 3.05) is 6.54 Å². The maximum absolute atomic E-state index is 4.58. The highest BCUT2D eigenvalue weighted by molar-refractivity contribution is 5.79. The number of aryl methyl sites for hydroxylation is 1. The van der Waals surface area contributed by atoms with Crippen LogP contribution < -0.4 is 5.32 Å². The maximum atomic E-state index is 4.58. The van der Waals surface area contributed by atoms with E-state index in [1.165, 1.54) is 36.6 Å². The zero-order chi connectivity index (χ0) is 14.4. The van der Waals surface area contributed by atoms with Crippen molar-refractivity contribution in [3.8, 4) is 0 Å². The molecule has 2 heteroatoms. The molecule has 1 heterocycles. The highest BCUT2D eigenvalue weighted by Crippen LogP contribution is 2.23. The van der Waals surface area contributed by atoms with E-state index in [9.17, 15) is 0 Å².